The molecule has 9 nitrogen and oxygen atoms in total. The Morgan fingerprint density at radius 1 is 1.36 bits per heavy atom. The van der Waals surface area contributed by atoms with Gasteiger partial charge >= 0.3 is 12.1 Å². The first-order chi connectivity index (χ1) is 13.3. The van der Waals surface area contributed by atoms with E-state index in [2.05, 4.69) is 5.32 Å². The van der Waals surface area contributed by atoms with Gasteiger partial charge in [0, 0.05) is 19.0 Å². The van der Waals surface area contributed by atoms with Gasteiger partial charge in [-0.3, -0.25) is 14.9 Å². The quantitative estimate of drug-likeness (QED) is 0.752. The zero-order valence-electron chi connectivity index (χ0n) is 15.1. The van der Waals surface area contributed by atoms with Crippen LogP contribution in [0, 0.1) is 5.82 Å². The third-order valence-electron chi connectivity index (χ3n) is 5.02. The number of nitrogens with zero attached hydrogens (tertiary/aromatic N) is 3. The largest absolute Gasteiger partial charge is 0.442 e. The Bertz CT molecular complexity index is 889. The van der Waals surface area contributed by atoms with Crippen LogP contribution in [0.3, 0.4) is 0 Å². The van der Waals surface area contributed by atoms with Crippen molar-refractivity contribution in [3.8, 4) is 0 Å². The third kappa shape index (κ3) is 3.15. The fraction of sp³-hybridized carbons (Fsp3) is 0.389. The van der Waals surface area contributed by atoms with Gasteiger partial charge in [0.15, 0.2) is 0 Å². The summed E-state index contributed by atoms with van der Waals surface area (Å²) in [6.07, 6.45) is 0.660. The van der Waals surface area contributed by atoms with Crippen molar-refractivity contribution in [3.63, 3.8) is 0 Å². The summed E-state index contributed by atoms with van der Waals surface area (Å²) in [5.41, 5.74) is 1.36. The van der Waals surface area contributed by atoms with E-state index in [4.69, 9.17) is 4.74 Å². The second-order valence-corrected chi connectivity index (χ2v) is 6.97. The fourth-order valence-corrected chi connectivity index (χ4v) is 3.64. The predicted octanol–water partition coefficient (Wildman–Crippen LogP) is 1.18. The molecule has 2 atom stereocenters. The van der Waals surface area contributed by atoms with Gasteiger partial charge in [-0.05, 0) is 23.8 Å². The Hall–Kier alpha value is -3.14. The fourth-order valence-electron chi connectivity index (χ4n) is 3.64. The Morgan fingerprint density at radius 3 is 2.82 bits per heavy atom. The normalized spacial score (nSPS) is 23.8. The van der Waals surface area contributed by atoms with Crippen LogP contribution in [-0.4, -0.2) is 71.5 Å². The molecule has 0 saturated carbocycles. The second-order valence-electron chi connectivity index (χ2n) is 6.97. The monoisotopic (exact) mass is 390 g/mol. The molecular weight excluding hydrogens is 371 g/mol. The van der Waals surface area contributed by atoms with Crippen molar-refractivity contribution in [3.05, 3.63) is 35.7 Å². The van der Waals surface area contributed by atoms with Crippen LogP contribution < -0.4 is 10.2 Å². The number of carbonyl (C=O) groups excluding carboxylic acids is 3. The molecule has 2 N–H and O–H groups in total. The lowest BCUT2D eigenvalue weighted by Gasteiger charge is -2.16. The highest BCUT2D eigenvalue weighted by atomic mass is 19.1. The number of halogens is 1. The van der Waals surface area contributed by atoms with Gasteiger partial charge in [0.25, 0.3) is 0 Å². The first-order valence-electron chi connectivity index (χ1n) is 8.83. The number of benzene rings is 1. The number of anilines is 1. The molecule has 2 saturated heterocycles. The van der Waals surface area contributed by atoms with Gasteiger partial charge in [-0.15, -0.1) is 0 Å². The molecule has 0 spiro atoms. The lowest BCUT2D eigenvalue weighted by molar-refractivity contribution is -0.119. The molecule has 1 aromatic carbocycles. The molecule has 28 heavy (non-hydrogen) atoms. The van der Waals surface area contributed by atoms with Crippen molar-refractivity contribution in [2.45, 2.75) is 19.1 Å². The number of ether oxygens (including phenoxy) is 1. The minimum Gasteiger partial charge on any atom is -0.442 e. The number of carbonyl (C=O) groups is 3. The molecule has 3 aliphatic heterocycles. The van der Waals surface area contributed by atoms with Gasteiger partial charge in [0.2, 0.25) is 5.91 Å². The summed E-state index contributed by atoms with van der Waals surface area (Å²) in [4.78, 5) is 37.7. The molecule has 1 unspecified atom stereocenters. The van der Waals surface area contributed by atoms with Gasteiger partial charge in [-0.2, -0.15) is 0 Å². The van der Waals surface area contributed by atoms with Crippen molar-refractivity contribution >= 4 is 29.3 Å². The van der Waals surface area contributed by atoms with Gasteiger partial charge in [-0.25, -0.2) is 19.0 Å². The van der Waals surface area contributed by atoms with Gasteiger partial charge < -0.3 is 15.0 Å². The molecule has 148 valence electrons. The van der Waals surface area contributed by atoms with E-state index in [9.17, 15) is 24.0 Å². The Kier molecular flexibility index (Phi) is 4.42. The summed E-state index contributed by atoms with van der Waals surface area (Å²) >= 11 is 0. The molecule has 1 aromatic rings. The predicted molar refractivity (Wildman–Crippen MR) is 95.1 cm³/mol. The van der Waals surface area contributed by atoms with E-state index in [0.717, 1.165) is 0 Å². The van der Waals surface area contributed by atoms with Crippen molar-refractivity contribution in [1.82, 2.24) is 15.3 Å². The van der Waals surface area contributed by atoms with Gasteiger partial charge in [-0.1, -0.05) is 6.08 Å². The number of rotatable bonds is 4. The van der Waals surface area contributed by atoms with Crippen molar-refractivity contribution < 1.29 is 28.7 Å². The van der Waals surface area contributed by atoms with E-state index in [1.807, 2.05) is 0 Å². The zero-order valence-corrected chi connectivity index (χ0v) is 15.1. The molecule has 4 rings (SSSR count). The molecule has 2 fully saturated rings. The van der Waals surface area contributed by atoms with Crippen LogP contribution in [0.4, 0.5) is 19.7 Å². The van der Waals surface area contributed by atoms with Crippen LogP contribution in [0.1, 0.15) is 12.5 Å². The first-order valence-corrected chi connectivity index (χ1v) is 8.83. The summed E-state index contributed by atoms with van der Waals surface area (Å²) in [7, 11) is 0. The number of amides is 4. The van der Waals surface area contributed by atoms with Crippen LogP contribution >= 0.6 is 0 Å². The average molecular weight is 390 g/mol. The minimum atomic E-state index is -0.600. The number of urea groups is 1. The van der Waals surface area contributed by atoms with E-state index in [0.29, 0.717) is 21.9 Å². The first kappa shape index (κ1) is 18.2. The lowest BCUT2D eigenvalue weighted by atomic mass is 10.0. The van der Waals surface area contributed by atoms with Crippen LogP contribution in [-0.2, 0) is 9.53 Å². The highest BCUT2D eigenvalue weighted by Gasteiger charge is 2.40. The molecule has 0 aromatic heterocycles. The highest BCUT2D eigenvalue weighted by molar-refractivity contribution is 5.90. The topological polar surface area (TPSA) is 102 Å². The Labute approximate surface area is 159 Å². The number of hydroxylamine groups is 2. The van der Waals surface area contributed by atoms with Crippen molar-refractivity contribution in [2.75, 3.05) is 31.1 Å². The van der Waals surface area contributed by atoms with Gasteiger partial charge in [0.1, 0.15) is 11.9 Å². The standard InChI is InChI=1S/C18H19FN4O5/c1-10(24)20-6-14-9-22(18(26)28-14)12-2-3-15(16(19)5-12)11-4-13-8-23(27)17(25)21(13)7-11/h2-5,13-14,27H,6-9H2,1H3,(H,20,24)/t13?,14-/m0/s1. The number of hydrogen-bond acceptors (Lipinski definition) is 5. The molecule has 10 heteroatoms. The smallest absolute Gasteiger partial charge is 0.414 e. The third-order valence-corrected chi connectivity index (χ3v) is 5.02. The molecule has 0 bridgehead atoms. The SMILES string of the molecule is CC(=O)NC[C@H]1CN(c2ccc(C3=CC4CN(O)C(=O)N4C3)c(F)c2)C(=O)O1. The second kappa shape index (κ2) is 6.79. The lowest BCUT2D eigenvalue weighted by Crippen LogP contribution is -2.33. The molecular formula is C18H19FN4O5. The van der Waals surface area contributed by atoms with Crippen LogP contribution in [0.25, 0.3) is 5.57 Å². The van der Waals surface area contributed by atoms with E-state index in [-0.39, 0.29) is 38.1 Å². The maximum atomic E-state index is 14.7. The molecule has 0 radical (unpaired) electrons. The van der Waals surface area contributed by atoms with Gasteiger partial charge in [0.05, 0.1) is 31.4 Å². The van der Waals surface area contributed by atoms with E-state index >= 15 is 0 Å². The highest BCUT2D eigenvalue weighted by Crippen LogP contribution is 2.33. The summed E-state index contributed by atoms with van der Waals surface area (Å²) in [5.74, 6) is -0.741. The minimum absolute atomic E-state index is 0.150. The molecule has 3 aliphatic rings. The summed E-state index contributed by atoms with van der Waals surface area (Å²) in [5, 5.41) is 12.7. The maximum absolute atomic E-state index is 14.7. The molecule has 3 heterocycles. The summed E-state index contributed by atoms with van der Waals surface area (Å²) in [6.45, 7) is 2.13. The Balaban J connectivity index is 1.48. The van der Waals surface area contributed by atoms with Crippen LogP contribution in [0.15, 0.2) is 24.3 Å². The van der Waals surface area contributed by atoms with E-state index < -0.39 is 24.0 Å². The van der Waals surface area contributed by atoms with E-state index in [1.54, 1.807) is 18.2 Å². The average Bonchev–Trinajstić information content (AvgIpc) is 3.29. The van der Waals surface area contributed by atoms with Crippen LogP contribution in [0.2, 0.25) is 0 Å². The van der Waals surface area contributed by atoms with Crippen molar-refractivity contribution in [1.29, 1.82) is 0 Å². The van der Waals surface area contributed by atoms with Crippen molar-refractivity contribution in [2.24, 2.45) is 0 Å². The Morgan fingerprint density at radius 2 is 2.14 bits per heavy atom. The number of cyclic esters (lactones) is 1. The zero-order chi connectivity index (χ0) is 20.0. The summed E-state index contributed by atoms with van der Waals surface area (Å²) in [6, 6.07) is 3.65. The number of hydrogen-bond donors (Lipinski definition) is 2. The molecule has 0 aliphatic carbocycles. The van der Waals surface area contributed by atoms with Crippen LogP contribution in [0.5, 0.6) is 0 Å². The van der Waals surface area contributed by atoms with E-state index in [1.165, 1.54) is 22.8 Å². The number of nitrogens with one attached hydrogen (secondary N) is 1. The maximum Gasteiger partial charge on any atom is 0.414 e. The summed E-state index contributed by atoms with van der Waals surface area (Å²) < 4.78 is 19.9. The number of fused-ring (bicyclic) bond motifs is 1. The molecule has 4 amide bonds.